The number of aromatic nitrogens is 1. The Hall–Kier alpha value is 0.0700. The summed E-state index contributed by atoms with van der Waals surface area (Å²) in [7, 11) is 0. The van der Waals surface area contributed by atoms with E-state index in [0.29, 0.717) is 0 Å². The van der Waals surface area contributed by atoms with Crippen molar-refractivity contribution >= 4 is 39.5 Å². The summed E-state index contributed by atoms with van der Waals surface area (Å²) in [4.78, 5) is 4.04. The molecule has 1 heterocycles. The van der Waals surface area contributed by atoms with Gasteiger partial charge < -0.3 is 0 Å². The van der Waals surface area contributed by atoms with Gasteiger partial charge in [0.15, 0.2) is 0 Å². The molecule has 0 unspecified atom stereocenters. The van der Waals surface area contributed by atoms with Crippen LogP contribution in [0.3, 0.4) is 0 Å². The SMILES string of the molecule is CSC(=S)c1nccs1. The third kappa shape index (κ3) is 1.74. The summed E-state index contributed by atoms with van der Waals surface area (Å²) < 4.78 is 0.880. The molecule has 4 heteroatoms. The first kappa shape index (κ1) is 7.18. The molecule has 1 aromatic rings. The van der Waals surface area contributed by atoms with Crippen LogP contribution in [0.15, 0.2) is 11.6 Å². The molecule has 9 heavy (non-hydrogen) atoms. The molecule has 0 fully saturated rings. The van der Waals surface area contributed by atoms with Crippen molar-refractivity contribution in [1.82, 2.24) is 4.98 Å². The van der Waals surface area contributed by atoms with Crippen LogP contribution in [0.5, 0.6) is 0 Å². The molecule has 0 saturated heterocycles. The Morgan fingerprint density at radius 1 is 1.89 bits per heavy atom. The zero-order chi connectivity index (χ0) is 6.69. The van der Waals surface area contributed by atoms with Crippen LogP contribution < -0.4 is 0 Å². The van der Waals surface area contributed by atoms with Crippen molar-refractivity contribution in [2.75, 3.05) is 6.26 Å². The Kier molecular flexibility index (Phi) is 2.63. The standard InChI is InChI=1S/C5H5NS3/c1-8-5(7)4-6-2-3-9-4/h2-3H,1H3. The van der Waals surface area contributed by atoms with Gasteiger partial charge in [-0.2, -0.15) is 0 Å². The molecule has 0 aliphatic rings. The lowest BCUT2D eigenvalue weighted by molar-refractivity contribution is 1.41. The lowest BCUT2D eigenvalue weighted by Crippen LogP contribution is -1.86. The summed E-state index contributed by atoms with van der Waals surface area (Å²) in [6.45, 7) is 0. The third-order valence-electron chi connectivity index (χ3n) is 0.792. The number of hydrogen-bond acceptors (Lipinski definition) is 4. The van der Waals surface area contributed by atoms with Gasteiger partial charge in [-0.25, -0.2) is 4.98 Å². The second-order valence-corrected chi connectivity index (χ2v) is 3.71. The molecule has 0 aliphatic heterocycles. The van der Waals surface area contributed by atoms with Crippen LogP contribution in [-0.2, 0) is 0 Å². The van der Waals surface area contributed by atoms with Gasteiger partial charge in [-0.15, -0.1) is 23.1 Å². The number of thiazole rings is 1. The molecule has 0 radical (unpaired) electrons. The number of thiocarbonyl (C=S) groups is 1. The van der Waals surface area contributed by atoms with E-state index in [1.807, 2.05) is 11.6 Å². The normalized spacial score (nSPS) is 9.44. The second kappa shape index (κ2) is 3.29. The predicted octanol–water partition coefficient (Wildman–Crippen LogP) is 2.18. The Morgan fingerprint density at radius 3 is 3.11 bits per heavy atom. The predicted molar refractivity (Wildman–Crippen MR) is 47.3 cm³/mol. The topological polar surface area (TPSA) is 12.9 Å². The Morgan fingerprint density at radius 2 is 2.67 bits per heavy atom. The molecular weight excluding hydrogens is 170 g/mol. The zero-order valence-electron chi connectivity index (χ0n) is 4.83. The molecule has 0 atom stereocenters. The number of hydrogen-bond donors (Lipinski definition) is 0. The molecule has 1 aromatic heterocycles. The summed E-state index contributed by atoms with van der Waals surface area (Å²) >= 11 is 8.13. The van der Waals surface area contributed by atoms with Crippen molar-refractivity contribution in [2.45, 2.75) is 0 Å². The molecule has 48 valence electrons. The van der Waals surface area contributed by atoms with Crippen molar-refractivity contribution in [1.29, 1.82) is 0 Å². The summed E-state index contributed by atoms with van der Waals surface area (Å²) in [5.74, 6) is 0. The minimum Gasteiger partial charge on any atom is -0.243 e. The first-order chi connectivity index (χ1) is 4.34. The lowest BCUT2D eigenvalue weighted by Gasteiger charge is -1.88. The number of rotatable bonds is 1. The van der Waals surface area contributed by atoms with Gasteiger partial charge in [0.2, 0.25) is 0 Å². The van der Waals surface area contributed by atoms with E-state index in [2.05, 4.69) is 4.98 Å². The van der Waals surface area contributed by atoms with E-state index >= 15 is 0 Å². The van der Waals surface area contributed by atoms with Crippen molar-refractivity contribution < 1.29 is 0 Å². The Balaban J connectivity index is 2.77. The highest BCUT2D eigenvalue weighted by molar-refractivity contribution is 8.23. The van der Waals surface area contributed by atoms with Crippen molar-refractivity contribution in [2.24, 2.45) is 0 Å². The fourth-order valence-corrected chi connectivity index (χ4v) is 1.70. The van der Waals surface area contributed by atoms with Gasteiger partial charge in [-0.05, 0) is 6.26 Å². The van der Waals surface area contributed by atoms with Crippen LogP contribution >= 0.6 is 35.3 Å². The van der Waals surface area contributed by atoms with Gasteiger partial charge in [0.25, 0.3) is 0 Å². The summed E-state index contributed by atoms with van der Waals surface area (Å²) in [5, 5.41) is 2.88. The Bertz CT molecular complexity index is 192. The minimum atomic E-state index is 0.880. The highest BCUT2D eigenvalue weighted by atomic mass is 32.2. The highest BCUT2D eigenvalue weighted by Gasteiger charge is 1.99. The molecule has 0 saturated carbocycles. The fraction of sp³-hybridized carbons (Fsp3) is 0.200. The number of thioether (sulfide) groups is 1. The molecule has 0 N–H and O–H groups in total. The van der Waals surface area contributed by atoms with Crippen LogP contribution in [-0.4, -0.2) is 15.4 Å². The molecule has 1 nitrogen and oxygen atoms in total. The van der Waals surface area contributed by atoms with E-state index in [9.17, 15) is 0 Å². The Labute approximate surface area is 67.5 Å². The van der Waals surface area contributed by atoms with Crippen LogP contribution in [0.1, 0.15) is 5.01 Å². The minimum absolute atomic E-state index is 0.880. The number of nitrogens with zero attached hydrogens (tertiary/aromatic N) is 1. The van der Waals surface area contributed by atoms with Gasteiger partial charge in [-0.1, -0.05) is 12.2 Å². The molecule has 0 amide bonds. The largest absolute Gasteiger partial charge is 0.243 e. The molecule has 0 bridgehead atoms. The van der Waals surface area contributed by atoms with Gasteiger partial charge in [0, 0.05) is 11.6 Å². The van der Waals surface area contributed by atoms with Crippen LogP contribution in [0, 0.1) is 0 Å². The zero-order valence-corrected chi connectivity index (χ0v) is 7.28. The van der Waals surface area contributed by atoms with Crippen molar-refractivity contribution in [3.63, 3.8) is 0 Å². The molecule has 0 aromatic carbocycles. The fourth-order valence-electron chi connectivity index (χ4n) is 0.412. The van der Waals surface area contributed by atoms with E-state index in [1.54, 1.807) is 29.3 Å². The van der Waals surface area contributed by atoms with Gasteiger partial charge in [0.1, 0.15) is 9.20 Å². The maximum atomic E-state index is 4.99. The molecular formula is C5H5NS3. The highest BCUT2D eigenvalue weighted by Crippen LogP contribution is 2.12. The lowest BCUT2D eigenvalue weighted by atomic mass is 10.8. The van der Waals surface area contributed by atoms with Crippen molar-refractivity contribution in [3.8, 4) is 0 Å². The maximum absolute atomic E-state index is 4.99. The van der Waals surface area contributed by atoms with Gasteiger partial charge in [0.05, 0.1) is 0 Å². The maximum Gasteiger partial charge on any atom is 0.140 e. The quantitative estimate of drug-likeness (QED) is 0.607. The van der Waals surface area contributed by atoms with E-state index in [4.69, 9.17) is 12.2 Å². The van der Waals surface area contributed by atoms with E-state index in [-0.39, 0.29) is 0 Å². The third-order valence-corrected chi connectivity index (χ3v) is 3.10. The average molecular weight is 175 g/mol. The summed E-state index contributed by atoms with van der Waals surface area (Å²) in [6.07, 6.45) is 3.73. The second-order valence-electron chi connectivity index (χ2n) is 1.33. The van der Waals surface area contributed by atoms with Crippen LogP contribution in [0.4, 0.5) is 0 Å². The van der Waals surface area contributed by atoms with E-state index < -0.39 is 0 Å². The monoisotopic (exact) mass is 175 g/mol. The molecule has 0 spiro atoms. The van der Waals surface area contributed by atoms with E-state index in [1.165, 1.54) is 0 Å². The van der Waals surface area contributed by atoms with E-state index in [0.717, 1.165) is 9.20 Å². The summed E-state index contributed by atoms with van der Waals surface area (Å²) in [6, 6.07) is 0. The van der Waals surface area contributed by atoms with Crippen LogP contribution in [0.25, 0.3) is 0 Å². The van der Waals surface area contributed by atoms with Crippen molar-refractivity contribution in [3.05, 3.63) is 16.6 Å². The average Bonchev–Trinajstić information content (AvgIpc) is 2.37. The smallest absolute Gasteiger partial charge is 0.140 e. The van der Waals surface area contributed by atoms with Gasteiger partial charge >= 0.3 is 0 Å². The first-order valence-electron chi connectivity index (χ1n) is 2.32. The molecule has 1 rings (SSSR count). The van der Waals surface area contributed by atoms with Crippen LogP contribution in [0.2, 0.25) is 0 Å². The van der Waals surface area contributed by atoms with Gasteiger partial charge in [-0.3, -0.25) is 0 Å². The summed E-state index contributed by atoms with van der Waals surface area (Å²) in [5.41, 5.74) is 0. The first-order valence-corrected chi connectivity index (χ1v) is 4.83. The molecule has 0 aliphatic carbocycles.